The summed E-state index contributed by atoms with van der Waals surface area (Å²) in [5.41, 5.74) is 1.00. The number of hydrogen-bond acceptors (Lipinski definition) is 5. The summed E-state index contributed by atoms with van der Waals surface area (Å²) in [6.07, 6.45) is 2.32. The van der Waals surface area contributed by atoms with Crippen LogP contribution in [-0.4, -0.2) is 17.0 Å². The molecular weight excluding hydrogens is 270 g/mol. The van der Waals surface area contributed by atoms with Crippen molar-refractivity contribution in [2.45, 2.75) is 19.4 Å². The summed E-state index contributed by atoms with van der Waals surface area (Å²) in [4.78, 5) is 14.7. The van der Waals surface area contributed by atoms with Crippen LogP contribution in [0.1, 0.15) is 24.9 Å². The van der Waals surface area contributed by atoms with Gasteiger partial charge in [-0.3, -0.25) is 10.1 Å². The fourth-order valence-corrected chi connectivity index (χ4v) is 2.08. The Morgan fingerprint density at radius 1 is 1.33 bits per heavy atom. The fraction of sp³-hybridized carbons (Fsp3) is 0.267. The number of ether oxygens (including phenoxy) is 1. The van der Waals surface area contributed by atoms with Gasteiger partial charge in [0.1, 0.15) is 5.75 Å². The van der Waals surface area contributed by atoms with Crippen LogP contribution >= 0.6 is 0 Å². The molecule has 0 amide bonds. The maximum Gasteiger partial charge on any atom is 0.311 e. The number of rotatable bonds is 6. The third kappa shape index (κ3) is 3.47. The molecule has 0 unspecified atom stereocenters. The monoisotopic (exact) mass is 287 g/mol. The van der Waals surface area contributed by atoms with Crippen molar-refractivity contribution < 1.29 is 9.66 Å². The van der Waals surface area contributed by atoms with Crippen molar-refractivity contribution in [2.75, 3.05) is 12.4 Å². The standard InChI is InChI=1S/C15H17N3O3/c1-3-13(11-6-8-12(21-2)9-7-11)17-15-14(18(19)20)5-4-10-16-15/h4-10,13H,3H2,1-2H3,(H,16,17)/t13-/m0/s1. The molecular formula is C15H17N3O3. The summed E-state index contributed by atoms with van der Waals surface area (Å²) in [5, 5.41) is 14.2. The van der Waals surface area contributed by atoms with Crippen LogP contribution in [-0.2, 0) is 0 Å². The van der Waals surface area contributed by atoms with Crippen molar-refractivity contribution in [2.24, 2.45) is 0 Å². The van der Waals surface area contributed by atoms with E-state index in [2.05, 4.69) is 10.3 Å². The number of nitro groups is 1. The van der Waals surface area contributed by atoms with E-state index in [0.29, 0.717) is 0 Å². The number of pyridine rings is 1. The molecule has 1 atom stereocenters. The van der Waals surface area contributed by atoms with Crippen LogP contribution in [0.5, 0.6) is 5.75 Å². The summed E-state index contributed by atoms with van der Waals surface area (Å²) in [5.74, 6) is 1.06. The Kier molecular flexibility index (Phi) is 4.71. The molecule has 0 saturated heterocycles. The van der Waals surface area contributed by atoms with E-state index < -0.39 is 4.92 Å². The van der Waals surface area contributed by atoms with Gasteiger partial charge in [-0.05, 0) is 30.2 Å². The Hall–Kier alpha value is -2.63. The van der Waals surface area contributed by atoms with Crippen molar-refractivity contribution >= 4 is 11.5 Å². The SMILES string of the molecule is CC[C@H](Nc1ncccc1[N+](=O)[O-])c1ccc(OC)cc1. The summed E-state index contributed by atoms with van der Waals surface area (Å²) in [6, 6.07) is 10.6. The highest BCUT2D eigenvalue weighted by Crippen LogP contribution is 2.28. The first-order valence-electron chi connectivity index (χ1n) is 6.65. The minimum absolute atomic E-state index is 0.0236. The van der Waals surface area contributed by atoms with Crippen LogP contribution in [0.3, 0.4) is 0 Å². The lowest BCUT2D eigenvalue weighted by Crippen LogP contribution is -2.12. The van der Waals surface area contributed by atoms with E-state index in [4.69, 9.17) is 4.74 Å². The van der Waals surface area contributed by atoms with Gasteiger partial charge in [0.15, 0.2) is 0 Å². The van der Waals surface area contributed by atoms with Crippen molar-refractivity contribution in [3.05, 3.63) is 58.3 Å². The molecule has 6 nitrogen and oxygen atoms in total. The van der Waals surface area contributed by atoms with Gasteiger partial charge < -0.3 is 10.1 Å². The number of benzene rings is 1. The molecule has 1 N–H and O–H groups in total. The van der Waals surface area contributed by atoms with Crippen LogP contribution in [0.2, 0.25) is 0 Å². The zero-order chi connectivity index (χ0) is 15.2. The van der Waals surface area contributed by atoms with E-state index in [1.165, 1.54) is 12.3 Å². The maximum atomic E-state index is 11.0. The molecule has 2 rings (SSSR count). The van der Waals surface area contributed by atoms with Crippen molar-refractivity contribution in [3.63, 3.8) is 0 Å². The molecule has 0 saturated carbocycles. The second kappa shape index (κ2) is 6.69. The topological polar surface area (TPSA) is 77.3 Å². The van der Waals surface area contributed by atoms with Crippen LogP contribution in [0, 0.1) is 10.1 Å². The minimum atomic E-state index is -0.434. The van der Waals surface area contributed by atoms with E-state index in [1.807, 2.05) is 31.2 Å². The second-order valence-electron chi connectivity index (χ2n) is 4.51. The summed E-state index contributed by atoms with van der Waals surface area (Å²) < 4.78 is 5.13. The Balaban J connectivity index is 2.24. The van der Waals surface area contributed by atoms with Gasteiger partial charge in [-0.15, -0.1) is 0 Å². The zero-order valence-electron chi connectivity index (χ0n) is 11.9. The molecule has 0 spiro atoms. The zero-order valence-corrected chi connectivity index (χ0v) is 11.9. The molecule has 6 heteroatoms. The first-order chi connectivity index (χ1) is 10.2. The Bertz CT molecular complexity index is 614. The highest BCUT2D eigenvalue weighted by Gasteiger charge is 2.18. The maximum absolute atomic E-state index is 11.0. The molecule has 0 aliphatic rings. The number of hydrogen-bond donors (Lipinski definition) is 1. The molecule has 21 heavy (non-hydrogen) atoms. The van der Waals surface area contributed by atoms with Crippen molar-refractivity contribution in [1.82, 2.24) is 4.98 Å². The van der Waals surface area contributed by atoms with Crippen LogP contribution < -0.4 is 10.1 Å². The summed E-state index contributed by atoms with van der Waals surface area (Å²) in [7, 11) is 1.61. The average Bonchev–Trinajstić information content (AvgIpc) is 2.53. The van der Waals surface area contributed by atoms with Crippen LogP contribution in [0.15, 0.2) is 42.6 Å². The number of nitrogens with zero attached hydrogens (tertiary/aromatic N) is 2. The van der Waals surface area contributed by atoms with E-state index >= 15 is 0 Å². The first-order valence-corrected chi connectivity index (χ1v) is 6.65. The van der Waals surface area contributed by atoms with E-state index in [-0.39, 0.29) is 17.5 Å². The molecule has 0 fully saturated rings. The molecule has 110 valence electrons. The van der Waals surface area contributed by atoms with Crippen LogP contribution in [0.4, 0.5) is 11.5 Å². The Morgan fingerprint density at radius 3 is 2.62 bits per heavy atom. The van der Waals surface area contributed by atoms with Gasteiger partial charge in [0.25, 0.3) is 0 Å². The third-order valence-corrected chi connectivity index (χ3v) is 3.22. The van der Waals surface area contributed by atoms with E-state index in [0.717, 1.165) is 17.7 Å². The minimum Gasteiger partial charge on any atom is -0.497 e. The molecule has 0 radical (unpaired) electrons. The van der Waals surface area contributed by atoms with Crippen molar-refractivity contribution in [3.8, 4) is 5.75 Å². The quantitative estimate of drug-likeness (QED) is 0.649. The molecule has 0 bridgehead atoms. The Labute approximate surface area is 122 Å². The lowest BCUT2D eigenvalue weighted by molar-refractivity contribution is -0.384. The smallest absolute Gasteiger partial charge is 0.311 e. The van der Waals surface area contributed by atoms with Gasteiger partial charge in [-0.1, -0.05) is 19.1 Å². The number of aromatic nitrogens is 1. The predicted molar refractivity (Wildman–Crippen MR) is 80.5 cm³/mol. The van der Waals surface area contributed by atoms with Crippen LogP contribution in [0.25, 0.3) is 0 Å². The van der Waals surface area contributed by atoms with Gasteiger partial charge >= 0.3 is 5.69 Å². The second-order valence-corrected chi connectivity index (χ2v) is 4.51. The highest BCUT2D eigenvalue weighted by atomic mass is 16.6. The largest absolute Gasteiger partial charge is 0.497 e. The lowest BCUT2D eigenvalue weighted by Gasteiger charge is -2.18. The number of nitrogens with one attached hydrogen (secondary N) is 1. The lowest BCUT2D eigenvalue weighted by atomic mass is 10.0. The van der Waals surface area contributed by atoms with Gasteiger partial charge in [0.2, 0.25) is 5.82 Å². The molecule has 2 aromatic rings. The van der Waals surface area contributed by atoms with Crippen molar-refractivity contribution in [1.29, 1.82) is 0 Å². The molecule has 1 heterocycles. The normalized spacial score (nSPS) is 11.7. The summed E-state index contributed by atoms with van der Waals surface area (Å²) in [6.45, 7) is 2.01. The van der Waals surface area contributed by atoms with Gasteiger partial charge in [-0.25, -0.2) is 4.98 Å². The van der Waals surface area contributed by atoms with Gasteiger partial charge in [0, 0.05) is 12.3 Å². The Morgan fingerprint density at radius 2 is 2.05 bits per heavy atom. The number of anilines is 1. The van der Waals surface area contributed by atoms with E-state index in [1.54, 1.807) is 13.2 Å². The first kappa shape index (κ1) is 14.8. The number of methoxy groups -OCH3 is 1. The average molecular weight is 287 g/mol. The highest BCUT2D eigenvalue weighted by molar-refractivity contribution is 5.56. The fourth-order valence-electron chi connectivity index (χ4n) is 2.08. The van der Waals surface area contributed by atoms with Gasteiger partial charge in [-0.2, -0.15) is 0 Å². The van der Waals surface area contributed by atoms with E-state index in [9.17, 15) is 10.1 Å². The molecule has 1 aromatic heterocycles. The molecule has 1 aromatic carbocycles. The summed E-state index contributed by atoms with van der Waals surface area (Å²) >= 11 is 0. The van der Waals surface area contributed by atoms with Gasteiger partial charge in [0.05, 0.1) is 18.1 Å². The third-order valence-electron chi connectivity index (χ3n) is 3.22. The molecule has 0 aliphatic heterocycles. The molecule has 0 aliphatic carbocycles. The predicted octanol–water partition coefficient (Wildman–Crippen LogP) is 3.56.